The molecule has 1 aromatic carbocycles. The van der Waals surface area contributed by atoms with Crippen LogP contribution >= 0.6 is 35.6 Å². The number of nitrogens with one attached hydrogen (secondary N) is 2. The molecule has 24 heavy (non-hydrogen) atoms. The van der Waals surface area contributed by atoms with E-state index in [4.69, 9.17) is 16.3 Å². The number of aliphatic imine (C=N–C) groups is 1. The van der Waals surface area contributed by atoms with Gasteiger partial charge in [0.1, 0.15) is 11.9 Å². The highest BCUT2D eigenvalue weighted by Gasteiger charge is 2.07. The highest BCUT2D eigenvalue weighted by atomic mass is 127. The van der Waals surface area contributed by atoms with Crippen molar-refractivity contribution in [3.8, 4) is 5.75 Å². The first-order valence-corrected chi connectivity index (χ1v) is 7.80. The maximum absolute atomic E-state index is 5.95. The molecule has 0 saturated heterocycles. The molecule has 2 aromatic rings. The molecule has 0 amide bonds. The van der Waals surface area contributed by atoms with Crippen molar-refractivity contribution in [3.63, 3.8) is 0 Å². The lowest BCUT2D eigenvalue weighted by atomic mass is 10.3. The molecule has 1 heterocycles. The number of ether oxygens (including phenoxy) is 1. The molecule has 1 unspecified atom stereocenters. The second-order valence-corrected chi connectivity index (χ2v) is 5.58. The fourth-order valence-corrected chi connectivity index (χ4v) is 2.20. The summed E-state index contributed by atoms with van der Waals surface area (Å²) in [5.74, 6) is 1.47. The Morgan fingerprint density at radius 3 is 2.79 bits per heavy atom. The first-order valence-electron chi connectivity index (χ1n) is 7.42. The lowest BCUT2D eigenvalue weighted by Crippen LogP contribution is -2.41. The standard InChI is InChI=1S/C16H22ClN5O.HI/c1-12(23-15-6-4-5-13(17)9-15)10-19-16(18-2)20-11-14-7-8-21-22(14)3;/h4-9,12H,10-11H2,1-3H3,(H2,18,19,20);1H. The number of halogens is 2. The molecule has 0 aliphatic rings. The summed E-state index contributed by atoms with van der Waals surface area (Å²) in [6.07, 6.45) is 1.75. The molecule has 2 N–H and O–H groups in total. The average molecular weight is 464 g/mol. The van der Waals surface area contributed by atoms with Gasteiger partial charge in [0.2, 0.25) is 0 Å². The van der Waals surface area contributed by atoms with Crippen LogP contribution in [-0.2, 0) is 13.6 Å². The van der Waals surface area contributed by atoms with Crippen molar-refractivity contribution in [2.24, 2.45) is 12.0 Å². The third-order valence-electron chi connectivity index (χ3n) is 3.27. The van der Waals surface area contributed by atoms with Crippen molar-refractivity contribution in [3.05, 3.63) is 47.2 Å². The van der Waals surface area contributed by atoms with Gasteiger partial charge < -0.3 is 15.4 Å². The Balaban J connectivity index is 0.00000288. The summed E-state index contributed by atoms with van der Waals surface area (Å²) in [6, 6.07) is 9.34. The second-order valence-electron chi connectivity index (χ2n) is 5.14. The van der Waals surface area contributed by atoms with Crippen molar-refractivity contribution in [2.45, 2.75) is 19.6 Å². The lowest BCUT2D eigenvalue weighted by Gasteiger charge is -2.18. The summed E-state index contributed by atoms with van der Waals surface area (Å²) >= 11 is 5.95. The minimum Gasteiger partial charge on any atom is -0.489 e. The Kier molecular flexibility index (Phi) is 8.91. The van der Waals surface area contributed by atoms with Crippen molar-refractivity contribution < 1.29 is 4.74 Å². The van der Waals surface area contributed by atoms with Crippen LogP contribution in [-0.4, -0.2) is 35.4 Å². The molecule has 0 bridgehead atoms. The largest absolute Gasteiger partial charge is 0.489 e. The van der Waals surface area contributed by atoms with E-state index in [1.54, 1.807) is 19.3 Å². The van der Waals surface area contributed by atoms with E-state index in [0.29, 0.717) is 24.1 Å². The van der Waals surface area contributed by atoms with Crippen LogP contribution in [0.3, 0.4) is 0 Å². The van der Waals surface area contributed by atoms with Crippen LogP contribution in [0.15, 0.2) is 41.5 Å². The summed E-state index contributed by atoms with van der Waals surface area (Å²) in [5.41, 5.74) is 1.08. The quantitative estimate of drug-likeness (QED) is 0.393. The van der Waals surface area contributed by atoms with E-state index < -0.39 is 0 Å². The normalized spacial score (nSPS) is 12.2. The summed E-state index contributed by atoms with van der Waals surface area (Å²) in [5, 5.41) is 11.3. The minimum atomic E-state index is -0.0243. The van der Waals surface area contributed by atoms with Crippen molar-refractivity contribution in [1.29, 1.82) is 0 Å². The van der Waals surface area contributed by atoms with Gasteiger partial charge >= 0.3 is 0 Å². The summed E-state index contributed by atoms with van der Waals surface area (Å²) in [7, 11) is 3.65. The van der Waals surface area contributed by atoms with Gasteiger partial charge in [-0.15, -0.1) is 24.0 Å². The zero-order valence-corrected chi connectivity index (χ0v) is 17.1. The number of aromatic nitrogens is 2. The molecule has 0 aliphatic heterocycles. The van der Waals surface area contributed by atoms with Gasteiger partial charge in [0, 0.05) is 25.3 Å². The second kappa shape index (κ2) is 10.4. The van der Waals surface area contributed by atoms with Crippen LogP contribution in [0.4, 0.5) is 0 Å². The van der Waals surface area contributed by atoms with Crippen molar-refractivity contribution in [1.82, 2.24) is 20.4 Å². The number of aryl methyl sites for hydroxylation is 1. The third kappa shape index (κ3) is 6.56. The van der Waals surface area contributed by atoms with Gasteiger partial charge in [-0.2, -0.15) is 5.10 Å². The molecule has 0 spiro atoms. The van der Waals surface area contributed by atoms with Gasteiger partial charge in [-0.3, -0.25) is 9.67 Å². The lowest BCUT2D eigenvalue weighted by molar-refractivity contribution is 0.224. The maximum atomic E-state index is 5.95. The molecule has 0 saturated carbocycles. The monoisotopic (exact) mass is 463 g/mol. The SMILES string of the molecule is CN=C(NCc1ccnn1C)NCC(C)Oc1cccc(Cl)c1.I. The first kappa shape index (κ1) is 20.6. The zero-order chi connectivity index (χ0) is 16.7. The van der Waals surface area contributed by atoms with Crippen LogP contribution < -0.4 is 15.4 Å². The highest BCUT2D eigenvalue weighted by Crippen LogP contribution is 2.18. The predicted molar refractivity (Wildman–Crippen MR) is 108 cm³/mol. The molecular weight excluding hydrogens is 441 g/mol. The molecular formula is C16H23ClIN5O. The Bertz CT molecular complexity index is 661. The Hall–Kier alpha value is -1.48. The minimum absolute atomic E-state index is 0. The number of hydrogen-bond acceptors (Lipinski definition) is 3. The molecule has 8 heteroatoms. The summed E-state index contributed by atoms with van der Waals surface area (Å²) in [4.78, 5) is 4.20. The molecule has 2 rings (SSSR count). The van der Waals surface area contributed by atoms with E-state index in [2.05, 4.69) is 20.7 Å². The molecule has 0 radical (unpaired) electrons. The van der Waals surface area contributed by atoms with Gasteiger partial charge in [0.15, 0.2) is 5.96 Å². The molecule has 0 fully saturated rings. The zero-order valence-electron chi connectivity index (χ0n) is 14.0. The number of guanidine groups is 1. The van der Waals surface area contributed by atoms with Gasteiger partial charge in [-0.05, 0) is 31.2 Å². The van der Waals surface area contributed by atoms with Crippen LogP contribution in [0.1, 0.15) is 12.6 Å². The number of hydrogen-bond donors (Lipinski definition) is 2. The molecule has 6 nitrogen and oxygen atoms in total. The topological polar surface area (TPSA) is 63.5 Å². The Morgan fingerprint density at radius 2 is 2.17 bits per heavy atom. The summed E-state index contributed by atoms with van der Waals surface area (Å²) < 4.78 is 7.64. The fourth-order valence-electron chi connectivity index (χ4n) is 2.02. The average Bonchev–Trinajstić information content (AvgIpc) is 2.93. The van der Waals surface area contributed by atoms with Gasteiger partial charge in [-0.1, -0.05) is 17.7 Å². The van der Waals surface area contributed by atoms with E-state index in [-0.39, 0.29) is 30.1 Å². The smallest absolute Gasteiger partial charge is 0.191 e. The van der Waals surface area contributed by atoms with Crippen LogP contribution in [0, 0.1) is 0 Å². The third-order valence-corrected chi connectivity index (χ3v) is 3.51. The molecule has 132 valence electrons. The van der Waals surface area contributed by atoms with Crippen LogP contribution in [0.5, 0.6) is 5.75 Å². The van der Waals surface area contributed by atoms with Crippen molar-refractivity contribution >= 4 is 41.5 Å². The molecule has 1 aromatic heterocycles. The number of nitrogens with zero attached hydrogens (tertiary/aromatic N) is 3. The predicted octanol–water partition coefficient (Wildman–Crippen LogP) is 2.82. The Labute approximate surface area is 164 Å². The van der Waals surface area contributed by atoms with E-state index in [1.165, 1.54) is 0 Å². The van der Waals surface area contributed by atoms with Crippen molar-refractivity contribution in [2.75, 3.05) is 13.6 Å². The van der Waals surface area contributed by atoms with E-state index in [1.807, 2.05) is 42.9 Å². The first-order chi connectivity index (χ1) is 11.1. The maximum Gasteiger partial charge on any atom is 0.191 e. The van der Waals surface area contributed by atoms with E-state index in [9.17, 15) is 0 Å². The van der Waals surface area contributed by atoms with E-state index >= 15 is 0 Å². The van der Waals surface area contributed by atoms with Crippen LogP contribution in [0.25, 0.3) is 0 Å². The fraction of sp³-hybridized carbons (Fsp3) is 0.375. The highest BCUT2D eigenvalue weighted by molar-refractivity contribution is 14.0. The number of rotatable bonds is 6. The summed E-state index contributed by atoms with van der Waals surface area (Å²) in [6.45, 7) is 3.26. The van der Waals surface area contributed by atoms with Gasteiger partial charge in [0.05, 0.1) is 18.8 Å². The Morgan fingerprint density at radius 1 is 1.38 bits per heavy atom. The van der Waals surface area contributed by atoms with Gasteiger partial charge in [0.25, 0.3) is 0 Å². The van der Waals surface area contributed by atoms with Gasteiger partial charge in [-0.25, -0.2) is 0 Å². The van der Waals surface area contributed by atoms with E-state index in [0.717, 1.165) is 11.4 Å². The number of benzene rings is 1. The molecule has 1 atom stereocenters. The molecule has 0 aliphatic carbocycles. The van der Waals surface area contributed by atoms with Crippen LogP contribution in [0.2, 0.25) is 5.02 Å².